The van der Waals surface area contributed by atoms with Gasteiger partial charge in [-0.2, -0.15) is 0 Å². The van der Waals surface area contributed by atoms with Gasteiger partial charge in [-0.15, -0.1) is 0 Å². The summed E-state index contributed by atoms with van der Waals surface area (Å²) in [5, 5.41) is 49.1. The monoisotopic (exact) mass is 355 g/mol. The van der Waals surface area contributed by atoms with Crippen molar-refractivity contribution in [3.05, 3.63) is 29.8 Å². The molecule has 138 valence electrons. The quantitative estimate of drug-likeness (QED) is 0.411. The van der Waals surface area contributed by atoms with Crippen molar-refractivity contribution in [2.75, 3.05) is 13.7 Å². The fourth-order valence-corrected chi connectivity index (χ4v) is 2.34. The number of methoxy groups -OCH3 is 1. The van der Waals surface area contributed by atoms with Crippen molar-refractivity contribution in [1.29, 1.82) is 0 Å². The van der Waals surface area contributed by atoms with Gasteiger partial charge in [0.15, 0.2) is 11.5 Å². The summed E-state index contributed by atoms with van der Waals surface area (Å²) in [4.78, 5) is 10.4. The zero-order valence-electron chi connectivity index (χ0n) is 13.3. The Kier molecular flexibility index (Phi) is 6.34. The molecule has 2 rings (SSSR count). The van der Waals surface area contributed by atoms with Crippen LogP contribution in [0.3, 0.4) is 0 Å². The summed E-state index contributed by atoms with van der Waals surface area (Å²) < 4.78 is 15.9. The molecule has 1 heterocycles. The lowest BCUT2D eigenvalue weighted by Crippen LogP contribution is -2.60. The number of carbonyl (C=O) groups is 1. The Morgan fingerprint density at radius 3 is 2.56 bits per heavy atom. The van der Waals surface area contributed by atoms with Gasteiger partial charge in [0.25, 0.3) is 0 Å². The van der Waals surface area contributed by atoms with Gasteiger partial charge in [0.05, 0.1) is 19.7 Å². The molecule has 0 amide bonds. The Morgan fingerprint density at radius 1 is 1.24 bits per heavy atom. The number of carboxylic acids is 1. The Labute approximate surface area is 143 Å². The van der Waals surface area contributed by atoms with Gasteiger partial charge in [0, 0.05) is 0 Å². The summed E-state index contributed by atoms with van der Waals surface area (Å²) in [5.41, 5.74) is 0.502. The van der Waals surface area contributed by atoms with Gasteiger partial charge in [0.2, 0.25) is 6.29 Å². The minimum absolute atomic E-state index is 0.150. The second kappa shape index (κ2) is 8.28. The Balaban J connectivity index is 2.19. The molecule has 5 atom stereocenters. The fraction of sp³-hybridized carbons (Fsp3) is 0.438. The average molecular weight is 355 g/mol. The highest BCUT2D eigenvalue weighted by Gasteiger charge is 2.44. The van der Waals surface area contributed by atoms with E-state index in [4.69, 9.17) is 14.2 Å². The van der Waals surface area contributed by atoms with Crippen molar-refractivity contribution < 1.29 is 44.5 Å². The van der Waals surface area contributed by atoms with E-state index in [1.165, 1.54) is 31.4 Å². The molecule has 4 N–H and O–H groups in total. The third-order valence-corrected chi connectivity index (χ3v) is 3.69. The zero-order valence-corrected chi connectivity index (χ0v) is 13.3. The minimum Gasteiger partial charge on any atom is -0.545 e. The van der Waals surface area contributed by atoms with Crippen LogP contribution in [0.25, 0.3) is 6.08 Å². The first kappa shape index (κ1) is 19.2. The van der Waals surface area contributed by atoms with E-state index in [-0.39, 0.29) is 11.5 Å². The molecule has 0 spiro atoms. The second-order valence-electron chi connectivity index (χ2n) is 5.38. The topological polar surface area (TPSA) is 149 Å². The van der Waals surface area contributed by atoms with E-state index in [0.29, 0.717) is 5.56 Å². The number of benzene rings is 1. The number of ether oxygens (including phenoxy) is 3. The largest absolute Gasteiger partial charge is 0.545 e. The zero-order chi connectivity index (χ0) is 18.6. The first-order valence-corrected chi connectivity index (χ1v) is 7.41. The van der Waals surface area contributed by atoms with Crippen LogP contribution in [-0.4, -0.2) is 70.8 Å². The van der Waals surface area contributed by atoms with Gasteiger partial charge >= 0.3 is 0 Å². The van der Waals surface area contributed by atoms with E-state index in [0.717, 1.165) is 6.08 Å². The summed E-state index contributed by atoms with van der Waals surface area (Å²) >= 11 is 0. The smallest absolute Gasteiger partial charge is 0.229 e. The first-order valence-electron chi connectivity index (χ1n) is 7.41. The predicted octanol–water partition coefficient (Wildman–Crippen LogP) is -2.36. The van der Waals surface area contributed by atoms with Crippen LogP contribution in [-0.2, 0) is 9.53 Å². The summed E-state index contributed by atoms with van der Waals surface area (Å²) in [5.74, 6) is -0.976. The molecule has 0 unspecified atom stereocenters. The molecule has 25 heavy (non-hydrogen) atoms. The summed E-state index contributed by atoms with van der Waals surface area (Å²) in [6.45, 7) is -0.575. The van der Waals surface area contributed by atoms with Gasteiger partial charge in [-0.05, 0) is 23.8 Å². The Morgan fingerprint density at radius 2 is 1.96 bits per heavy atom. The van der Waals surface area contributed by atoms with Crippen LogP contribution < -0.4 is 14.6 Å². The van der Waals surface area contributed by atoms with Crippen LogP contribution in [0.15, 0.2) is 24.3 Å². The van der Waals surface area contributed by atoms with Gasteiger partial charge < -0.3 is 44.5 Å². The molecular weight excluding hydrogens is 336 g/mol. The average Bonchev–Trinajstić information content (AvgIpc) is 2.60. The van der Waals surface area contributed by atoms with E-state index in [1.54, 1.807) is 0 Å². The van der Waals surface area contributed by atoms with E-state index >= 15 is 0 Å². The molecule has 0 bridgehead atoms. The molecule has 0 aliphatic carbocycles. The second-order valence-corrected chi connectivity index (χ2v) is 5.38. The van der Waals surface area contributed by atoms with E-state index in [2.05, 4.69) is 0 Å². The van der Waals surface area contributed by atoms with Crippen molar-refractivity contribution in [1.82, 2.24) is 0 Å². The van der Waals surface area contributed by atoms with E-state index < -0.39 is 43.3 Å². The maximum Gasteiger partial charge on any atom is 0.229 e. The number of aliphatic hydroxyl groups is 4. The maximum absolute atomic E-state index is 10.4. The van der Waals surface area contributed by atoms with Crippen LogP contribution in [0.2, 0.25) is 0 Å². The van der Waals surface area contributed by atoms with Crippen molar-refractivity contribution in [3.8, 4) is 11.5 Å². The molecule has 0 aromatic heterocycles. The minimum atomic E-state index is -1.56. The molecule has 0 saturated carbocycles. The molecule has 9 nitrogen and oxygen atoms in total. The molecule has 1 aliphatic heterocycles. The third kappa shape index (κ3) is 4.47. The highest BCUT2D eigenvalue weighted by Crippen LogP contribution is 2.32. The normalized spacial score (nSPS) is 29.6. The van der Waals surface area contributed by atoms with Crippen molar-refractivity contribution in [2.45, 2.75) is 30.7 Å². The first-order chi connectivity index (χ1) is 11.9. The lowest BCUT2D eigenvalue weighted by Gasteiger charge is -2.39. The molecule has 9 heteroatoms. The lowest BCUT2D eigenvalue weighted by molar-refractivity contribution is -0.297. The molecule has 1 saturated heterocycles. The summed E-state index contributed by atoms with van der Waals surface area (Å²) in [6, 6.07) is 4.47. The van der Waals surface area contributed by atoms with Gasteiger partial charge in [-0.3, -0.25) is 0 Å². The SMILES string of the molecule is COc1cc(/C=C/C(=O)[O-])ccc1O[C@@H]1O[C@H](CO)[C@@H](O)[C@H](O)[C@H]1O. The number of hydrogen-bond acceptors (Lipinski definition) is 9. The Bertz CT molecular complexity index is 628. The highest BCUT2D eigenvalue weighted by molar-refractivity contribution is 5.83. The Hall–Kier alpha value is -2.17. The number of carbonyl (C=O) groups excluding carboxylic acids is 1. The van der Waals surface area contributed by atoms with Crippen LogP contribution >= 0.6 is 0 Å². The number of carboxylic acid groups (broad SMARTS) is 1. The number of aliphatic carboxylic acids is 1. The number of aliphatic hydroxyl groups excluding tert-OH is 4. The summed E-state index contributed by atoms with van der Waals surface area (Å²) in [7, 11) is 1.36. The number of hydrogen-bond donors (Lipinski definition) is 4. The van der Waals surface area contributed by atoms with E-state index in [9.17, 15) is 30.3 Å². The molecule has 0 radical (unpaired) electrons. The standard InChI is InChI=1S/C16H20O9/c1-23-10-6-8(3-5-12(18)19)2-4-9(10)24-16-15(22)14(21)13(20)11(7-17)25-16/h2-6,11,13-17,20-22H,7H2,1H3,(H,18,19)/p-1/b5-3+/t11-,13-,14+,15-,16-/m1/s1. The maximum atomic E-state index is 10.4. The van der Waals surface area contributed by atoms with Crippen LogP contribution in [0.4, 0.5) is 0 Å². The molecule has 1 aromatic rings. The molecule has 1 aliphatic rings. The predicted molar refractivity (Wildman–Crippen MR) is 81.4 cm³/mol. The van der Waals surface area contributed by atoms with Crippen LogP contribution in [0.1, 0.15) is 5.56 Å². The van der Waals surface area contributed by atoms with Crippen molar-refractivity contribution in [2.24, 2.45) is 0 Å². The van der Waals surface area contributed by atoms with Crippen molar-refractivity contribution >= 4 is 12.0 Å². The third-order valence-electron chi connectivity index (χ3n) is 3.69. The highest BCUT2D eigenvalue weighted by atomic mass is 16.7. The van der Waals surface area contributed by atoms with Gasteiger partial charge in [-0.1, -0.05) is 12.1 Å². The fourth-order valence-electron chi connectivity index (χ4n) is 2.34. The number of rotatable bonds is 6. The summed E-state index contributed by atoms with van der Waals surface area (Å²) in [6.07, 6.45) is -4.90. The molecular formula is C16H19O9-. The lowest BCUT2D eigenvalue weighted by atomic mass is 9.99. The van der Waals surface area contributed by atoms with Gasteiger partial charge in [0.1, 0.15) is 24.4 Å². The van der Waals surface area contributed by atoms with Crippen LogP contribution in [0.5, 0.6) is 11.5 Å². The van der Waals surface area contributed by atoms with Crippen LogP contribution in [0, 0.1) is 0 Å². The van der Waals surface area contributed by atoms with Gasteiger partial charge in [-0.25, -0.2) is 0 Å². The molecule has 1 aromatic carbocycles. The molecule has 1 fully saturated rings. The van der Waals surface area contributed by atoms with E-state index in [1.807, 2.05) is 0 Å². The van der Waals surface area contributed by atoms with Crippen molar-refractivity contribution in [3.63, 3.8) is 0 Å².